The lowest BCUT2D eigenvalue weighted by molar-refractivity contribution is 0.0947. The predicted molar refractivity (Wildman–Crippen MR) is 108 cm³/mol. The number of hydrogen-bond donors (Lipinski definition) is 3. The van der Waals surface area contributed by atoms with Gasteiger partial charge in [-0.25, -0.2) is 0 Å². The summed E-state index contributed by atoms with van der Waals surface area (Å²) >= 11 is 0. The first-order valence-electron chi connectivity index (χ1n) is 8.87. The number of carbonyl (C=O) groups is 2. The van der Waals surface area contributed by atoms with E-state index in [0.717, 1.165) is 16.7 Å². The number of H-pyrrole nitrogens is 1. The smallest absolute Gasteiger partial charge is 0.261 e. The zero-order valence-electron chi connectivity index (χ0n) is 15.7. The molecule has 2 aromatic carbocycles. The molecule has 2 amide bonds. The molecular weight excluding hydrogens is 354 g/mol. The van der Waals surface area contributed by atoms with Crippen molar-refractivity contribution in [2.75, 3.05) is 7.05 Å². The molecule has 0 aliphatic heterocycles. The Balaban J connectivity index is 1.73. The Bertz CT molecular complexity index is 1090. The number of amides is 2. The van der Waals surface area contributed by atoms with Crippen molar-refractivity contribution in [1.29, 1.82) is 0 Å². The Morgan fingerprint density at radius 1 is 0.964 bits per heavy atom. The van der Waals surface area contributed by atoms with Crippen molar-refractivity contribution in [1.82, 2.24) is 15.6 Å². The van der Waals surface area contributed by atoms with Crippen LogP contribution >= 0.6 is 0 Å². The first-order chi connectivity index (χ1) is 13.5. The zero-order valence-corrected chi connectivity index (χ0v) is 15.7. The van der Waals surface area contributed by atoms with Gasteiger partial charge in [-0.2, -0.15) is 0 Å². The van der Waals surface area contributed by atoms with Gasteiger partial charge < -0.3 is 15.6 Å². The highest BCUT2D eigenvalue weighted by Gasteiger charge is 2.12. The van der Waals surface area contributed by atoms with E-state index in [1.54, 1.807) is 37.4 Å². The minimum Gasteiger partial charge on any atom is -0.355 e. The molecule has 3 rings (SSSR count). The number of carbonyl (C=O) groups excluding carboxylic acids is 2. The van der Waals surface area contributed by atoms with Gasteiger partial charge in [-0.05, 0) is 48.4 Å². The number of aromatic amines is 1. The number of nitrogens with one attached hydrogen (secondary N) is 3. The van der Waals surface area contributed by atoms with Crippen LogP contribution in [0.4, 0.5) is 0 Å². The molecule has 1 heterocycles. The lowest BCUT2D eigenvalue weighted by Gasteiger charge is -2.08. The van der Waals surface area contributed by atoms with Crippen molar-refractivity contribution in [2.45, 2.75) is 13.5 Å². The summed E-state index contributed by atoms with van der Waals surface area (Å²) in [6.07, 6.45) is 0. The highest BCUT2D eigenvalue weighted by atomic mass is 16.2. The largest absolute Gasteiger partial charge is 0.355 e. The second-order valence-electron chi connectivity index (χ2n) is 6.45. The van der Waals surface area contributed by atoms with Crippen LogP contribution in [0, 0.1) is 6.92 Å². The van der Waals surface area contributed by atoms with Crippen LogP contribution in [0.15, 0.2) is 65.5 Å². The molecule has 0 saturated heterocycles. The summed E-state index contributed by atoms with van der Waals surface area (Å²) < 4.78 is 0. The predicted octanol–water partition coefficient (Wildman–Crippen LogP) is 2.64. The normalized spacial score (nSPS) is 10.4. The van der Waals surface area contributed by atoms with Crippen molar-refractivity contribution in [3.63, 3.8) is 0 Å². The Morgan fingerprint density at radius 2 is 1.75 bits per heavy atom. The SMILES string of the molecule is CNC(=O)c1cccc(CNC(=O)c2ccc(-c3cccc(C)c3)[nH]c2=O)c1. The van der Waals surface area contributed by atoms with Crippen LogP contribution in [0.25, 0.3) is 11.3 Å². The van der Waals surface area contributed by atoms with Gasteiger partial charge in [-0.15, -0.1) is 0 Å². The minimum atomic E-state index is -0.470. The third-order valence-corrected chi connectivity index (χ3v) is 4.35. The minimum absolute atomic E-state index is 0.0406. The molecule has 1 aromatic heterocycles. The molecule has 0 saturated carbocycles. The van der Waals surface area contributed by atoms with Gasteiger partial charge >= 0.3 is 0 Å². The van der Waals surface area contributed by atoms with Crippen LogP contribution in [0.5, 0.6) is 0 Å². The van der Waals surface area contributed by atoms with Gasteiger partial charge in [0.05, 0.1) is 0 Å². The van der Waals surface area contributed by atoms with E-state index in [9.17, 15) is 14.4 Å². The van der Waals surface area contributed by atoms with E-state index in [4.69, 9.17) is 0 Å². The fourth-order valence-corrected chi connectivity index (χ4v) is 2.88. The number of rotatable bonds is 5. The molecule has 6 heteroatoms. The molecule has 0 bridgehead atoms. The van der Waals surface area contributed by atoms with Gasteiger partial charge in [0, 0.05) is 24.8 Å². The third kappa shape index (κ3) is 4.35. The highest BCUT2D eigenvalue weighted by molar-refractivity contribution is 5.95. The summed E-state index contributed by atoms with van der Waals surface area (Å²) in [5.74, 6) is -0.668. The molecule has 142 valence electrons. The van der Waals surface area contributed by atoms with E-state index in [-0.39, 0.29) is 18.0 Å². The molecule has 3 aromatic rings. The summed E-state index contributed by atoms with van der Waals surface area (Å²) in [6, 6.07) is 17.9. The average Bonchev–Trinajstić information content (AvgIpc) is 2.71. The van der Waals surface area contributed by atoms with Crippen LogP contribution in [0.1, 0.15) is 31.8 Å². The van der Waals surface area contributed by atoms with Gasteiger partial charge in [0.25, 0.3) is 17.4 Å². The molecule has 0 fully saturated rings. The molecule has 0 unspecified atom stereocenters. The van der Waals surface area contributed by atoms with Crippen molar-refractivity contribution in [2.24, 2.45) is 0 Å². The van der Waals surface area contributed by atoms with E-state index in [2.05, 4.69) is 15.6 Å². The number of pyridine rings is 1. The maximum absolute atomic E-state index is 12.4. The molecule has 0 radical (unpaired) electrons. The second kappa shape index (κ2) is 8.35. The summed E-state index contributed by atoms with van der Waals surface area (Å²) in [6.45, 7) is 2.19. The van der Waals surface area contributed by atoms with Crippen LogP contribution < -0.4 is 16.2 Å². The van der Waals surface area contributed by atoms with Crippen molar-refractivity contribution >= 4 is 11.8 Å². The zero-order chi connectivity index (χ0) is 20.1. The molecule has 0 aliphatic rings. The number of aromatic nitrogens is 1. The standard InChI is InChI=1S/C22H21N3O3/c1-14-5-3-7-16(11-14)19-10-9-18(22(28)25-19)21(27)24-13-15-6-4-8-17(12-15)20(26)23-2/h3-12H,13H2,1-2H3,(H,23,26)(H,24,27)(H,25,28). The molecular formula is C22H21N3O3. The monoisotopic (exact) mass is 375 g/mol. The highest BCUT2D eigenvalue weighted by Crippen LogP contribution is 2.17. The third-order valence-electron chi connectivity index (χ3n) is 4.35. The average molecular weight is 375 g/mol. The van der Waals surface area contributed by atoms with Crippen molar-refractivity contribution < 1.29 is 9.59 Å². The first kappa shape index (κ1) is 19.1. The fraction of sp³-hybridized carbons (Fsp3) is 0.136. The van der Waals surface area contributed by atoms with E-state index in [1.807, 2.05) is 31.2 Å². The lowest BCUT2D eigenvalue weighted by atomic mass is 10.1. The van der Waals surface area contributed by atoms with Gasteiger partial charge in [0.2, 0.25) is 0 Å². The van der Waals surface area contributed by atoms with Crippen LogP contribution in [0.2, 0.25) is 0 Å². The molecule has 0 atom stereocenters. The quantitative estimate of drug-likeness (QED) is 0.640. The summed E-state index contributed by atoms with van der Waals surface area (Å²) in [7, 11) is 1.56. The molecule has 28 heavy (non-hydrogen) atoms. The Hall–Kier alpha value is -3.67. The summed E-state index contributed by atoms with van der Waals surface area (Å²) in [5.41, 5.74) is 3.49. The van der Waals surface area contributed by atoms with Crippen molar-refractivity contribution in [3.8, 4) is 11.3 Å². The molecule has 6 nitrogen and oxygen atoms in total. The van der Waals surface area contributed by atoms with E-state index < -0.39 is 11.5 Å². The number of benzene rings is 2. The van der Waals surface area contributed by atoms with Gasteiger partial charge in [-0.3, -0.25) is 14.4 Å². The second-order valence-corrected chi connectivity index (χ2v) is 6.45. The van der Waals surface area contributed by atoms with Crippen LogP contribution in [0.3, 0.4) is 0 Å². The molecule has 0 spiro atoms. The van der Waals surface area contributed by atoms with E-state index >= 15 is 0 Å². The summed E-state index contributed by atoms with van der Waals surface area (Å²) in [4.78, 5) is 39.2. The number of hydrogen-bond acceptors (Lipinski definition) is 3. The topological polar surface area (TPSA) is 91.1 Å². The Labute approximate surface area is 162 Å². The molecule has 3 N–H and O–H groups in total. The van der Waals surface area contributed by atoms with Crippen molar-refractivity contribution in [3.05, 3.63) is 93.3 Å². The van der Waals surface area contributed by atoms with Gasteiger partial charge in [-0.1, -0.05) is 35.9 Å². The molecule has 0 aliphatic carbocycles. The Kier molecular flexibility index (Phi) is 5.69. The van der Waals surface area contributed by atoms with E-state index in [0.29, 0.717) is 11.3 Å². The van der Waals surface area contributed by atoms with Crippen LogP contribution in [-0.2, 0) is 6.54 Å². The van der Waals surface area contributed by atoms with Gasteiger partial charge in [0.1, 0.15) is 5.56 Å². The maximum Gasteiger partial charge on any atom is 0.261 e. The van der Waals surface area contributed by atoms with E-state index in [1.165, 1.54) is 6.07 Å². The van der Waals surface area contributed by atoms with Gasteiger partial charge in [0.15, 0.2) is 0 Å². The van der Waals surface area contributed by atoms with Crippen LogP contribution in [-0.4, -0.2) is 23.8 Å². The maximum atomic E-state index is 12.4. The lowest BCUT2D eigenvalue weighted by Crippen LogP contribution is -2.29. The first-order valence-corrected chi connectivity index (χ1v) is 8.87. The number of aryl methyl sites for hydroxylation is 1. The fourth-order valence-electron chi connectivity index (χ4n) is 2.88. The Morgan fingerprint density at radius 3 is 2.46 bits per heavy atom. The summed E-state index contributed by atoms with van der Waals surface area (Å²) in [5, 5.41) is 5.28.